The number of hydrogen-bond donors (Lipinski definition) is 0. The van der Waals surface area contributed by atoms with Crippen LogP contribution in [0.15, 0.2) is 34.2 Å². The Morgan fingerprint density at radius 2 is 1.96 bits per heavy atom. The molecule has 6 heteroatoms. The van der Waals surface area contributed by atoms with Gasteiger partial charge in [-0.1, -0.05) is 30.8 Å². The van der Waals surface area contributed by atoms with E-state index in [1.54, 1.807) is 29.6 Å². The Hall–Kier alpha value is -1.82. The maximum absolute atomic E-state index is 12.8. The molecule has 0 radical (unpaired) electrons. The van der Waals surface area contributed by atoms with E-state index in [4.69, 9.17) is 0 Å². The predicted octanol–water partition coefficient (Wildman–Crippen LogP) is 2.94. The second kappa shape index (κ2) is 7.17. The monoisotopic (exact) mass is 333 g/mol. The minimum absolute atomic E-state index is 0.00751. The minimum Gasteiger partial charge on any atom is -0.348 e. The number of amides is 1. The van der Waals surface area contributed by atoms with Crippen molar-refractivity contribution >= 4 is 28.6 Å². The van der Waals surface area contributed by atoms with Gasteiger partial charge >= 0.3 is 0 Å². The Bertz CT molecular complexity index is 770. The molecule has 0 fully saturated rings. The Labute approximate surface area is 140 Å². The van der Waals surface area contributed by atoms with Crippen molar-refractivity contribution in [3.63, 3.8) is 0 Å². The number of rotatable bonds is 5. The topological polar surface area (TPSA) is 55.2 Å². The lowest BCUT2D eigenvalue weighted by atomic mass is 10.2. The molecule has 23 heavy (non-hydrogen) atoms. The summed E-state index contributed by atoms with van der Waals surface area (Å²) in [5, 5.41) is 0.919. The van der Waals surface area contributed by atoms with Crippen LogP contribution < -0.4 is 5.56 Å². The summed E-state index contributed by atoms with van der Waals surface area (Å²) in [6.45, 7) is 5.88. The number of carbonyl (C=O) groups is 1. The van der Waals surface area contributed by atoms with Crippen molar-refractivity contribution in [3.05, 3.63) is 34.6 Å². The zero-order chi connectivity index (χ0) is 17.1. The fourth-order valence-electron chi connectivity index (χ4n) is 2.35. The highest BCUT2D eigenvalue weighted by Crippen LogP contribution is 2.26. The Morgan fingerprint density at radius 3 is 2.57 bits per heavy atom. The van der Waals surface area contributed by atoms with Crippen LogP contribution in [0, 0.1) is 0 Å². The average Bonchev–Trinajstić information content (AvgIpc) is 2.53. The van der Waals surface area contributed by atoms with Crippen LogP contribution in [0.3, 0.4) is 0 Å². The predicted molar refractivity (Wildman–Crippen MR) is 95.0 cm³/mol. The van der Waals surface area contributed by atoms with E-state index in [2.05, 4.69) is 4.98 Å². The van der Waals surface area contributed by atoms with Crippen LogP contribution in [-0.4, -0.2) is 39.7 Å². The van der Waals surface area contributed by atoms with Crippen molar-refractivity contribution in [2.24, 2.45) is 0 Å². The first-order chi connectivity index (χ1) is 10.9. The summed E-state index contributed by atoms with van der Waals surface area (Å²) in [6, 6.07) is 7.37. The van der Waals surface area contributed by atoms with Gasteiger partial charge < -0.3 is 4.90 Å². The molecule has 1 aromatic heterocycles. The number of nitrogens with zero attached hydrogens (tertiary/aromatic N) is 3. The van der Waals surface area contributed by atoms with E-state index in [9.17, 15) is 9.59 Å². The third-order valence-electron chi connectivity index (χ3n) is 3.88. The van der Waals surface area contributed by atoms with E-state index >= 15 is 0 Å². The molecule has 0 saturated heterocycles. The molecule has 124 valence electrons. The van der Waals surface area contributed by atoms with Crippen LogP contribution >= 0.6 is 11.8 Å². The molecule has 2 atom stereocenters. The van der Waals surface area contributed by atoms with Crippen LogP contribution in [0.1, 0.15) is 33.2 Å². The fourth-order valence-corrected chi connectivity index (χ4v) is 3.51. The van der Waals surface area contributed by atoms with E-state index in [0.717, 1.165) is 6.42 Å². The Balaban J connectivity index is 2.57. The molecule has 0 bridgehead atoms. The Kier molecular flexibility index (Phi) is 5.46. The van der Waals surface area contributed by atoms with E-state index in [1.165, 1.54) is 11.8 Å². The van der Waals surface area contributed by atoms with Crippen molar-refractivity contribution in [2.45, 2.75) is 43.6 Å². The van der Waals surface area contributed by atoms with Crippen LogP contribution in [-0.2, 0) is 4.79 Å². The first kappa shape index (κ1) is 17.5. The largest absolute Gasteiger partial charge is 0.348 e. The molecule has 0 saturated carbocycles. The summed E-state index contributed by atoms with van der Waals surface area (Å²) in [4.78, 5) is 31.2. The van der Waals surface area contributed by atoms with Crippen LogP contribution in [0.25, 0.3) is 10.9 Å². The van der Waals surface area contributed by atoms with Crippen LogP contribution in [0.2, 0.25) is 0 Å². The summed E-state index contributed by atoms with van der Waals surface area (Å²) < 4.78 is 1.71. The highest BCUT2D eigenvalue weighted by Gasteiger charge is 2.22. The third kappa shape index (κ3) is 3.58. The molecule has 0 spiro atoms. The molecule has 0 aliphatic heterocycles. The highest BCUT2D eigenvalue weighted by atomic mass is 32.2. The molecule has 0 aliphatic rings. The molecule has 0 N–H and O–H groups in total. The van der Waals surface area contributed by atoms with Gasteiger partial charge in [-0.15, -0.1) is 0 Å². The van der Waals surface area contributed by atoms with Gasteiger partial charge in [0.25, 0.3) is 5.56 Å². The van der Waals surface area contributed by atoms with Crippen molar-refractivity contribution in [1.29, 1.82) is 0 Å². The number of thioether (sulfide) groups is 1. The quantitative estimate of drug-likeness (QED) is 0.623. The fraction of sp³-hybridized carbons (Fsp3) is 0.471. The van der Waals surface area contributed by atoms with E-state index < -0.39 is 0 Å². The van der Waals surface area contributed by atoms with Gasteiger partial charge in [-0.05, 0) is 32.4 Å². The minimum atomic E-state index is -0.298. The summed E-state index contributed by atoms with van der Waals surface area (Å²) in [5.41, 5.74) is 0.626. The molecule has 0 aliphatic carbocycles. The summed E-state index contributed by atoms with van der Waals surface area (Å²) in [5.74, 6) is 0.00751. The molecular formula is C17H23N3O2S. The van der Waals surface area contributed by atoms with Gasteiger partial charge in [0, 0.05) is 20.1 Å². The normalized spacial score (nSPS) is 13.8. The number of benzene rings is 1. The highest BCUT2D eigenvalue weighted by molar-refractivity contribution is 8.00. The molecule has 0 unspecified atom stereocenters. The standard InChI is InChI=1S/C17H23N3O2S/c1-6-11(2)20-16(22)13-9-7-8-10-14(13)18-17(20)23-12(3)15(21)19(4)5/h7-12H,6H2,1-5H3/t11-,12-/m1/s1. The second-order valence-corrected chi connectivity index (χ2v) is 7.14. The Morgan fingerprint density at radius 1 is 1.30 bits per heavy atom. The van der Waals surface area contributed by atoms with E-state index in [1.807, 2.05) is 39.0 Å². The molecule has 1 aromatic carbocycles. The summed E-state index contributed by atoms with van der Waals surface area (Å²) >= 11 is 1.34. The molecule has 1 heterocycles. The molecular weight excluding hydrogens is 310 g/mol. The number of carbonyl (C=O) groups excluding carboxylic acids is 1. The van der Waals surface area contributed by atoms with Crippen LogP contribution in [0.5, 0.6) is 0 Å². The summed E-state index contributed by atoms with van der Waals surface area (Å²) in [6.07, 6.45) is 0.823. The zero-order valence-electron chi connectivity index (χ0n) is 14.2. The van der Waals surface area contributed by atoms with Gasteiger partial charge in [-0.2, -0.15) is 0 Å². The molecule has 1 amide bonds. The van der Waals surface area contributed by atoms with Crippen molar-refractivity contribution in [1.82, 2.24) is 14.5 Å². The smallest absolute Gasteiger partial charge is 0.262 e. The van der Waals surface area contributed by atoms with Gasteiger partial charge in [0.2, 0.25) is 5.91 Å². The van der Waals surface area contributed by atoms with E-state index in [-0.39, 0.29) is 22.8 Å². The lowest BCUT2D eigenvalue weighted by Crippen LogP contribution is -2.31. The number of hydrogen-bond acceptors (Lipinski definition) is 4. The van der Waals surface area contributed by atoms with Gasteiger partial charge in [0.1, 0.15) is 0 Å². The van der Waals surface area contributed by atoms with Crippen molar-refractivity contribution in [2.75, 3.05) is 14.1 Å². The van der Waals surface area contributed by atoms with Crippen LogP contribution in [0.4, 0.5) is 0 Å². The maximum atomic E-state index is 12.8. The number of aromatic nitrogens is 2. The number of para-hydroxylation sites is 1. The lowest BCUT2D eigenvalue weighted by molar-refractivity contribution is -0.127. The lowest BCUT2D eigenvalue weighted by Gasteiger charge is -2.21. The van der Waals surface area contributed by atoms with Gasteiger partial charge in [0.15, 0.2) is 5.16 Å². The van der Waals surface area contributed by atoms with E-state index in [0.29, 0.717) is 16.1 Å². The summed E-state index contributed by atoms with van der Waals surface area (Å²) in [7, 11) is 3.46. The average molecular weight is 333 g/mol. The third-order valence-corrected chi connectivity index (χ3v) is 4.93. The van der Waals surface area contributed by atoms with Crippen molar-refractivity contribution < 1.29 is 4.79 Å². The zero-order valence-corrected chi connectivity index (χ0v) is 15.1. The first-order valence-electron chi connectivity index (χ1n) is 7.75. The molecule has 2 rings (SSSR count). The maximum Gasteiger partial charge on any atom is 0.262 e. The SMILES string of the molecule is CC[C@@H](C)n1c(S[C@H](C)C(=O)N(C)C)nc2ccccc2c1=O. The van der Waals surface area contributed by atoms with Crippen molar-refractivity contribution in [3.8, 4) is 0 Å². The van der Waals surface area contributed by atoms with Gasteiger partial charge in [-0.25, -0.2) is 4.98 Å². The molecule has 5 nitrogen and oxygen atoms in total. The number of fused-ring (bicyclic) bond motifs is 1. The molecule has 2 aromatic rings. The van der Waals surface area contributed by atoms with Gasteiger partial charge in [-0.3, -0.25) is 14.2 Å². The van der Waals surface area contributed by atoms with Gasteiger partial charge in [0.05, 0.1) is 16.2 Å². The second-order valence-electron chi connectivity index (χ2n) is 5.84. The first-order valence-corrected chi connectivity index (χ1v) is 8.63.